The van der Waals surface area contributed by atoms with Gasteiger partial charge in [0.25, 0.3) is 5.56 Å². The second-order valence-electron chi connectivity index (χ2n) is 10.3. The summed E-state index contributed by atoms with van der Waals surface area (Å²) in [6.45, 7) is 12.7. The van der Waals surface area contributed by atoms with Gasteiger partial charge in [-0.3, -0.25) is 14.5 Å². The van der Waals surface area contributed by atoms with Crippen molar-refractivity contribution in [2.45, 2.75) is 45.8 Å². The van der Waals surface area contributed by atoms with Gasteiger partial charge in [0.15, 0.2) is 0 Å². The number of piperazine rings is 1. The van der Waals surface area contributed by atoms with Crippen LogP contribution in [0.4, 0.5) is 16.7 Å². The van der Waals surface area contributed by atoms with E-state index in [-0.39, 0.29) is 36.0 Å². The number of ether oxygens (including phenoxy) is 1. The van der Waals surface area contributed by atoms with Crippen molar-refractivity contribution in [3.05, 3.63) is 63.2 Å². The average Bonchev–Trinajstić information content (AvgIpc) is 3.33. The minimum Gasteiger partial charge on any atom is -0.447 e. The Balaban J connectivity index is 1.33. The van der Waals surface area contributed by atoms with Crippen molar-refractivity contribution in [2.24, 2.45) is 0 Å². The number of cyclic esters (lactones) is 1. The van der Waals surface area contributed by atoms with Gasteiger partial charge in [-0.15, -0.1) is 0 Å². The van der Waals surface area contributed by atoms with Gasteiger partial charge in [0, 0.05) is 54.2 Å². The van der Waals surface area contributed by atoms with Crippen LogP contribution in [0.25, 0.3) is 10.9 Å². The summed E-state index contributed by atoms with van der Waals surface area (Å²) in [5.41, 5.74) is 1.82. The van der Waals surface area contributed by atoms with Crippen LogP contribution >= 0.6 is 11.6 Å². The Hall–Kier alpha value is -4.03. The molecule has 2 aromatic heterocycles. The van der Waals surface area contributed by atoms with Crippen molar-refractivity contribution in [1.82, 2.24) is 29.7 Å². The Morgan fingerprint density at radius 1 is 1.22 bits per heavy atom. The van der Waals surface area contributed by atoms with Gasteiger partial charge in [0.05, 0.1) is 12.1 Å². The van der Waals surface area contributed by atoms with Crippen molar-refractivity contribution >= 4 is 46.4 Å². The first kappa shape index (κ1) is 28.5. The molecular formula is C28H33ClN8O4. The van der Waals surface area contributed by atoms with E-state index >= 15 is 0 Å². The predicted octanol–water partition coefficient (Wildman–Crippen LogP) is 3.41. The number of hydrogen-bond acceptors (Lipinski definition) is 9. The molecule has 0 aliphatic carbocycles. The van der Waals surface area contributed by atoms with Gasteiger partial charge >= 0.3 is 6.09 Å². The number of aromatic amines is 1. The van der Waals surface area contributed by atoms with Crippen LogP contribution in [0.2, 0.25) is 5.02 Å². The predicted molar refractivity (Wildman–Crippen MR) is 156 cm³/mol. The minimum absolute atomic E-state index is 0.0574. The van der Waals surface area contributed by atoms with Crippen molar-refractivity contribution in [3.63, 3.8) is 0 Å². The summed E-state index contributed by atoms with van der Waals surface area (Å²) in [7, 11) is 0. The van der Waals surface area contributed by atoms with E-state index in [1.807, 2.05) is 26.0 Å². The van der Waals surface area contributed by atoms with Gasteiger partial charge in [-0.25, -0.2) is 9.69 Å². The number of carbonyl (C=O) groups excluding carboxylic acids is 2. The molecule has 13 heteroatoms. The number of H-pyrrole nitrogens is 1. The van der Waals surface area contributed by atoms with Gasteiger partial charge in [-0.2, -0.15) is 15.0 Å². The molecule has 4 heterocycles. The summed E-state index contributed by atoms with van der Waals surface area (Å²) >= 11 is 6.68. The lowest BCUT2D eigenvalue weighted by Gasteiger charge is -2.34. The topological polar surface area (TPSA) is 137 Å². The number of carbonyl (C=O) groups is 2. The molecule has 5 rings (SSSR count). The van der Waals surface area contributed by atoms with Gasteiger partial charge in [-0.05, 0) is 50.1 Å². The summed E-state index contributed by atoms with van der Waals surface area (Å²) < 4.78 is 5.18. The Morgan fingerprint density at radius 3 is 2.68 bits per heavy atom. The van der Waals surface area contributed by atoms with E-state index in [0.717, 1.165) is 24.0 Å². The molecule has 2 aliphatic heterocycles. The molecule has 41 heavy (non-hydrogen) atoms. The van der Waals surface area contributed by atoms with Crippen LogP contribution < -0.4 is 15.8 Å². The zero-order valence-corrected chi connectivity index (χ0v) is 24.1. The van der Waals surface area contributed by atoms with Crippen LogP contribution in [0.15, 0.2) is 35.6 Å². The smallest absolute Gasteiger partial charge is 0.417 e. The van der Waals surface area contributed by atoms with Crippen molar-refractivity contribution in [3.8, 4) is 0 Å². The van der Waals surface area contributed by atoms with Crippen molar-refractivity contribution < 1.29 is 14.3 Å². The average molecular weight is 581 g/mol. The molecular weight excluding hydrogens is 548 g/mol. The highest BCUT2D eigenvalue weighted by molar-refractivity contribution is 6.32. The standard InChI is InChI=1S/C28H33ClN8O4/c1-5-20-15-41-28(40)37(20)27-32-17(4)31-26(34-27)30-16(3)21-11-18-12-22(29)19(13-23(18)33-25(21)39)14-35-7-9-36(10-8-35)24(38)6-2/h6,11-13,16,20H,2,5,7-10,14-15H2,1,3-4H3,(H,33,39)(H,30,31,32,34)/t16-,20-/m0/s1. The van der Waals surface area contributed by atoms with Gasteiger partial charge in [0.1, 0.15) is 12.4 Å². The van der Waals surface area contributed by atoms with E-state index in [0.29, 0.717) is 48.0 Å². The fourth-order valence-corrected chi connectivity index (χ4v) is 5.38. The van der Waals surface area contributed by atoms with E-state index < -0.39 is 12.1 Å². The maximum Gasteiger partial charge on any atom is 0.417 e. The third-order valence-corrected chi connectivity index (χ3v) is 7.84. The zero-order valence-electron chi connectivity index (χ0n) is 23.3. The fourth-order valence-electron chi connectivity index (χ4n) is 5.15. The summed E-state index contributed by atoms with van der Waals surface area (Å²) in [4.78, 5) is 58.9. The van der Waals surface area contributed by atoms with Crippen LogP contribution in [-0.4, -0.2) is 80.6 Å². The molecule has 0 radical (unpaired) electrons. The second kappa shape index (κ2) is 11.8. The number of aromatic nitrogens is 4. The highest BCUT2D eigenvalue weighted by Crippen LogP contribution is 2.27. The lowest BCUT2D eigenvalue weighted by atomic mass is 10.1. The number of benzene rings is 1. The Morgan fingerprint density at radius 2 is 1.98 bits per heavy atom. The Labute approximate surface area is 242 Å². The van der Waals surface area contributed by atoms with Crippen LogP contribution in [0.5, 0.6) is 0 Å². The molecule has 2 aliphatic rings. The van der Waals surface area contributed by atoms with Crippen LogP contribution in [-0.2, 0) is 16.1 Å². The van der Waals surface area contributed by atoms with E-state index in [4.69, 9.17) is 16.3 Å². The number of anilines is 2. The first-order valence-corrected chi connectivity index (χ1v) is 14.0. The maximum atomic E-state index is 13.1. The molecule has 216 valence electrons. The summed E-state index contributed by atoms with van der Waals surface area (Å²) in [6.07, 6.45) is 1.54. The van der Waals surface area contributed by atoms with Crippen LogP contribution in [0, 0.1) is 6.92 Å². The lowest BCUT2D eigenvalue weighted by Crippen LogP contribution is -2.47. The number of aryl methyl sites for hydroxylation is 1. The fraction of sp³-hybridized carbons (Fsp3) is 0.429. The number of halogens is 1. The first-order valence-electron chi connectivity index (χ1n) is 13.6. The largest absolute Gasteiger partial charge is 0.447 e. The second-order valence-corrected chi connectivity index (χ2v) is 10.7. The molecule has 1 aromatic carbocycles. The Kier molecular flexibility index (Phi) is 8.22. The molecule has 0 bridgehead atoms. The molecule has 0 saturated carbocycles. The highest BCUT2D eigenvalue weighted by atomic mass is 35.5. The minimum atomic E-state index is -0.492. The number of rotatable bonds is 8. The normalized spacial score (nSPS) is 18.4. The molecule has 0 spiro atoms. The van der Waals surface area contributed by atoms with Gasteiger partial charge in [0.2, 0.25) is 17.8 Å². The molecule has 0 unspecified atom stereocenters. The molecule has 2 atom stereocenters. The number of nitrogens with zero attached hydrogens (tertiary/aromatic N) is 6. The summed E-state index contributed by atoms with van der Waals surface area (Å²) in [6, 6.07) is 4.95. The molecule has 2 amide bonds. The molecule has 2 fully saturated rings. The first-order chi connectivity index (χ1) is 19.7. The van der Waals surface area contributed by atoms with E-state index in [9.17, 15) is 14.4 Å². The highest BCUT2D eigenvalue weighted by Gasteiger charge is 2.35. The third kappa shape index (κ3) is 6.03. The molecule has 2 saturated heterocycles. The summed E-state index contributed by atoms with van der Waals surface area (Å²) in [5.74, 6) is 0.831. The number of pyridine rings is 1. The molecule has 2 N–H and O–H groups in total. The van der Waals surface area contributed by atoms with Crippen molar-refractivity contribution in [1.29, 1.82) is 0 Å². The third-order valence-electron chi connectivity index (χ3n) is 7.49. The number of hydrogen-bond donors (Lipinski definition) is 2. The number of amides is 2. The molecule has 12 nitrogen and oxygen atoms in total. The van der Waals surface area contributed by atoms with E-state index in [2.05, 4.69) is 36.7 Å². The van der Waals surface area contributed by atoms with Crippen molar-refractivity contribution in [2.75, 3.05) is 43.0 Å². The number of fused-ring (bicyclic) bond motifs is 1. The Bertz CT molecular complexity index is 1550. The summed E-state index contributed by atoms with van der Waals surface area (Å²) in [5, 5.41) is 4.57. The van der Waals surface area contributed by atoms with E-state index in [1.165, 1.54) is 11.0 Å². The van der Waals surface area contributed by atoms with Crippen LogP contribution in [0.1, 0.15) is 43.3 Å². The van der Waals surface area contributed by atoms with Gasteiger partial charge in [-0.1, -0.05) is 25.1 Å². The lowest BCUT2D eigenvalue weighted by molar-refractivity contribution is -0.127. The monoisotopic (exact) mass is 580 g/mol. The van der Waals surface area contributed by atoms with E-state index in [1.54, 1.807) is 17.9 Å². The van der Waals surface area contributed by atoms with Gasteiger partial charge < -0.3 is 19.9 Å². The quantitative estimate of drug-likeness (QED) is 0.384. The zero-order chi connectivity index (χ0) is 29.3. The maximum absolute atomic E-state index is 13.1. The molecule has 3 aromatic rings. The number of nitrogens with one attached hydrogen (secondary N) is 2. The SMILES string of the molecule is C=CC(=O)N1CCN(Cc2cc3[nH]c(=O)c([C@H](C)Nc4nc(C)nc(N5C(=O)OC[C@@H]5CC)n4)cc3cc2Cl)CC1. The van der Waals surface area contributed by atoms with Crippen LogP contribution in [0.3, 0.4) is 0 Å².